The molecule has 2 aromatic carbocycles. The average Bonchev–Trinajstić information content (AvgIpc) is 2.92. The first kappa shape index (κ1) is 14.1. The third-order valence-corrected chi connectivity index (χ3v) is 3.79. The van der Waals surface area contributed by atoms with Crippen molar-refractivity contribution in [3.8, 4) is 16.9 Å². The van der Waals surface area contributed by atoms with E-state index in [1.54, 1.807) is 23.0 Å². The van der Waals surface area contributed by atoms with Crippen LogP contribution in [0.4, 0.5) is 0 Å². The van der Waals surface area contributed by atoms with E-state index in [0.29, 0.717) is 16.6 Å². The van der Waals surface area contributed by atoms with Crippen LogP contribution in [0.25, 0.3) is 16.9 Å². The summed E-state index contributed by atoms with van der Waals surface area (Å²) in [4.78, 5) is 0. The van der Waals surface area contributed by atoms with E-state index in [0.717, 1.165) is 22.5 Å². The molecule has 0 radical (unpaired) electrons. The summed E-state index contributed by atoms with van der Waals surface area (Å²) in [6.45, 7) is 0.412. The van der Waals surface area contributed by atoms with Crippen molar-refractivity contribution >= 4 is 23.2 Å². The van der Waals surface area contributed by atoms with E-state index in [4.69, 9.17) is 28.9 Å². The van der Waals surface area contributed by atoms with E-state index in [1.807, 2.05) is 36.4 Å². The molecule has 0 aliphatic carbocycles. The van der Waals surface area contributed by atoms with Crippen LogP contribution < -0.4 is 5.73 Å². The van der Waals surface area contributed by atoms with Crippen LogP contribution in [-0.4, -0.2) is 9.78 Å². The SMILES string of the molecule is NCc1cnn(-c2ccc(Cl)cc2Cl)c1-c1ccccc1. The monoisotopic (exact) mass is 317 g/mol. The number of hydrogen-bond donors (Lipinski definition) is 1. The number of nitrogens with two attached hydrogens (primary N) is 1. The van der Waals surface area contributed by atoms with Crippen LogP contribution in [0.1, 0.15) is 5.56 Å². The summed E-state index contributed by atoms with van der Waals surface area (Å²) < 4.78 is 1.80. The van der Waals surface area contributed by atoms with Crippen molar-refractivity contribution in [3.63, 3.8) is 0 Å². The van der Waals surface area contributed by atoms with Crippen molar-refractivity contribution in [3.05, 3.63) is 70.3 Å². The van der Waals surface area contributed by atoms with E-state index in [1.165, 1.54) is 0 Å². The predicted molar refractivity (Wildman–Crippen MR) is 86.9 cm³/mol. The van der Waals surface area contributed by atoms with Gasteiger partial charge in [-0.2, -0.15) is 5.10 Å². The van der Waals surface area contributed by atoms with Gasteiger partial charge in [0.1, 0.15) is 0 Å². The Morgan fingerprint density at radius 3 is 2.48 bits per heavy atom. The maximum absolute atomic E-state index is 6.30. The van der Waals surface area contributed by atoms with Gasteiger partial charge in [-0.1, -0.05) is 53.5 Å². The summed E-state index contributed by atoms with van der Waals surface area (Å²) in [7, 11) is 0. The molecule has 0 aliphatic heterocycles. The second-order valence-corrected chi connectivity index (χ2v) is 5.44. The molecule has 0 saturated heterocycles. The molecule has 1 heterocycles. The highest BCUT2D eigenvalue weighted by molar-refractivity contribution is 6.35. The molecule has 106 valence electrons. The summed E-state index contributed by atoms with van der Waals surface area (Å²) in [5.74, 6) is 0. The van der Waals surface area contributed by atoms with Gasteiger partial charge in [-0.25, -0.2) is 4.68 Å². The van der Waals surface area contributed by atoms with Gasteiger partial charge in [-0.05, 0) is 18.2 Å². The predicted octanol–water partition coefficient (Wildman–Crippen LogP) is 4.30. The molecule has 0 atom stereocenters. The lowest BCUT2D eigenvalue weighted by Crippen LogP contribution is -2.03. The molecule has 1 aromatic heterocycles. The molecule has 3 nitrogen and oxygen atoms in total. The van der Waals surface area contributed by atoms with Crippen LogP contribution in [0, 0.1) is 0 Å². The Morgan fingerprint density at radius 2 is 1.81 bits per heavy atom. The molecule has 0 aliphatic rings. The summed E-state index contributed by atoms with van der Waals surface area (Å²) >= 11 is 12.3. The van der Waals surface area contributed by atoms with E-state index >= 15 is 0 Å². The standard InChI is InChI=1S/C16H13Cl2N3/c17-13-6-7-15(14(18)8-13)21-16(12(9-19)10-20-21)11-4-2-1-3-5-11/h1-8,10H,9,19H2. The fraction of sp³-hybridized carbons (Fsp3) is 0.0625. The van der Waals surface area contributed by atoms with Crippen LogP contribution >= 0.6 is 23.2 Å². The summed E-state index contributed by atoms with van der Waals surface area (Å²) in [5, 5.41) is 5.57. The molecule has 0 saturated carbocycles. The molecule has 21 heavy (non-hydrogen) atoms. The van der Waals surface area contributed by atoms with Crippen LogP contribution in [-0.2, 0) is 6.54 Å². The molecule has 0 unspecified atom stereocenters. The van der Waals surface area contributed by atoms with Gasteiger partial charge in [-0.15, -0.1) is 0 Å². The van der Waals surface area contributed by atoms with Gasteiger partial charge in [-0.3, -0.25) is 0 Å². The zero-order valence-electron chi connectivity index (χ0n) is 11.1. The smallest absolute Gasteiger partial charge is 0.0840 e. The lowest BCUT2D eigenvalue weighted by molar-refractivity contribution is 0.887. The van der Waals surface area contributed by atoms with E-state index in [9.17, 15) is 0 Å². The van der Waals surface area contributed by atoms with Gasteiger partial charge < -0.3 is 5.73 Å². The van der Waals surface area contributed by atoms with Crippen molar-refractivity contribution in [2.24, 2.45) is 5.73 Å². The first-order valence-electron chi connectivity index (χ1n) is 6.48. The molecular weight excluding hydrogens is 305 g/mol. The number of nitrogens with zero attached hydrogens (tertiary/aromatic N) is 2. The Kier molecular flexibility index (Phi) is 3.97. The first-order chi connectivity index (χ1) is 10.2. The molecule has 2 N–H and O–H groups in total. The minimum Gasteiger partial charge on any atom is -0.326 e. The van der Waals surface area contributed by atoms with Crippen molar-refractivity contribution in [2.45, 2.75) is 6.54 Å². The van der Waals surface area contributed by atoms with Gasteiger partial charge in [0.2, 0.25) is 0 Å². The van der Waals surface area contributed by atoms with Crippen LogP contribution in [0.5, 0.6) is 0 Å². The highest BCUT2D eigenvalue weighted by Crippen LogP contribution is 2.30. The zero-order chi connectivity index (χ0) is 14.8. The lowest BCUT2D eigenvalue weighted by atomic mass is 10.1. The van der Waals surface area contributed by atoms with Gasteiger partial charge in [0, 0.05) is 22.7 Å². The Bertz CT molecular complexity index is 766. The third-order valence-electron chi connectivity index (χ3n) is 3.25. The fourth-order valence-electron chi connectivity index (χ4n) is 2.27. The van der Waals surface area contributed by atoms with Gasteiger partial charge in [0.15, 0.2) is 0 Å². The summed E-state index contributed by atoms with van der Waals surface area (Å²) in [6.07, 6.45) is 1.77. The number of aromatic nitrogens is 2. The van der Waals surface area contributed by atoms with Gasteiger partial charge in [0.25, 0.3) is 0 Å². The normalized spacial score (nSPS) is 10.8. The number of rotatable bonds is 3. The second-order valence-electron chi connectivity index (χ2n) is 4.60. The van der Waals surface area contributed by atoms with E-state index in [2.05, 4.69) is 5.10 Å². The topological polar surface area (TPSA) is 43.8 Å². The molecule has 0 spiro atoms. The van der Waals surface area contributed by atoms with Crippen molar-refractivity contribution < 1.29 is 0 Å². The lowest BCUT2D eigenvalue weighted by Gasteiger charge is -2.11. The van der Waals surface area contributed by atoms with Crippen LogP contribution in [0.15, 0.2) is 54.7 Å². The molecule has 0 amide bonds. The molecule has 3 aromatic rings. The maximum atomic E-state index is 6.30. The minimum absolute atomic E-state index is 0.412. The Hall–Kier alpha value is -1.81. The van der Waals surface area contributed by atoms with Gasteiger partial charge >= 0.3 is 0 Å². The van der Waals surface area contributed by atoms with Crippen molar-refractivity contribution in [1.82, 2.24) is 9.78 Å². The number of halogens is 2. The van der Waals surface area contributed by atoms with Crippen LogP contribution in [0.2, 0.25) is 10.0 Å². The molecular formula is C16H13Cl2N3. The van der Waals surface area contributed by atoms with E-state index < -0.39 is 0 Å². The second kappa shape index (κ2) is 5.90. The molecule has 0 bridgehead atoms. The third kappa shape index (κ3) is 2.68. The Labute approximate surface area is 132 Å². The summed E-state index contributed by atoms with van der Waals surface area (Å²) in [6, 6.07) is 15.3. The maximum Gasteiger partial charge on any atom is 0.0840 e. The zero-order valence-corrected chi connectivity index (χ0v) is 12.6. The molecule has 0 fully saturated rings. The largest absolute Gasteiger partial charge is 0.326 e. The molecule has 3 rings (SSSR count). The molecule has 5 heteroatoms. The van der Waals surface area contributed by atoms with Crippen molar-refractivity contribution in [1.29, 1.82) is 0 Å². The average molecular weight is 318 g/mol. The minimum atomic E-state index is 0.412. The Morgan fingerprint density at radius 1 is 1.05 bits per heavy atom. The Balaban J connectivity index is 2.22. The number of benzene rings is 2. The van der Waals surface area contributed by atoms with E-state index in [-0.39, 0.29) is 0 Å². The van der Waals surface area contributed by atoms with Gasteiger partial charge in [0.05, 0.1) is 22.6 Å². The fourth-order valence-corrected chi connectivity index (χ4v) is 2.76. The highest BCUT2D eigenvalue weighted by Gasteiger charge is 2.15. The summed E-state index contributed by atoms with van der Waals surface area (Å²) in [5.41, 5.74) is 9.57. The quantitative estimate of drug-likeness (QED) is 0.782. The first-order valence-corrected chi connectivity index (χ1v) is 7.24. The number of hydrogen-bond acceptors (Lipinski definition) is 2. The van der Waals surface area contributed by atoms with Crippen LogP contribution in [0.3, 0.4) is 0 Å². The van der Waals surface area contributed by atoms with Crippen molar-refractivity contribution in [2.75, 3.05) is 0 Å². The highest BCUT2D eigenvalue weighted by atomic mass is 35.5.